The van der Waals surface area contributed by atoms with Crippen LogP contribution in [0.2, 0.25) is 0 Å². The first-order chi connectivity index (χ1) is 30.7. The number of halogens is 1. The van der Waals surface area contributed by atoms with E-state index in [1.54, 1.807) is 71.0 Å². The maximum Gasteiger partial charge on any atom is 0.408 e. The molecule has 21 nitrogen and oxygen atoms in total. The van der Waals surface area contributed by atoms with Gasteiger partial charge in [0.25, 0.3) is 11.8 Å². The Balaban J connectivity index is 1.13. The summed E-state index contributed by atoms with van der Waals surface area (Å²) in [4.78, 5) is 85.0. The molecular formula is C43H52FN13O8. The number of alkyl carbamates (subject to hydrolysis) is 1. The molecule has 0 saturated carbocycles. The Morgan fingerprint density at radius 3 is 2.25 bits per heavy atom. The number of H-pyrrole nitrogens is 1. The fourth-order valence-electron chi connectivity index (χ4n) is 6.55. The Morgan fingerprint density at radius 1 is 0.877 bits per heavy atom. The number of carbonyl (C=O) groups is 6. The van der Waals surface area contributed by atoms with Crippen LogP contribution in [0.25, 0.3) is 22.3 Å². The van der Waals surface area contributed by atoms with Crippen molar-refractivity contribution in [3.63, 3.8) is 0 Å². The van der Waals surface area contributed by atoms with E-state index in [1.807, 2.05) is 0 Å². The predicted molar refractivity (Wildman–Crippen MR) is 236 cm³/mol. The number of tetrazole rings is 1. The molecule has 5 amide bonds. The van der Waals surface area contributed by atoms with Crippen LogP contribution >= 0.6 is 0 Å². The lowest BCUT2D eigenvalue weighted by molar-refractivity contribution is -0.139. The van der Waals surface area contributed by atoms with Crippen LogP contribution < -0.4 is 38.1 Å². The minimum absolute atomic E-state index is 0.0214. The molecule has 0 spiro atoms. The van der Waals surface area contributed by atoms with Gasteiger partial charge in [-0.1, -0.05) is 32.0 Å². The first-order valence-corrected chi connectivity index (χ1v) is 20.6. The number of aromatic nitrogens is 6. The molecule has 0 radical (unpaired) electrons. The van der Waals surface area contributed by atoms with Crippen LogP contribution in [0.4, 0.5) is 26.6 Å². The molecule has 344 valence electrons. The zero-order valence-electron chi connectivity index (χ0n) is 36.6. The summed E-state index contributed by atoms with van der Waals surface area (Å²) in [5.74, 6) is -4.52. The number of aryl methyl sites for hydroxylation is 2. The number of ether oxygens (including phenoxy) is 1. The number of nitrogen functional groups attached to an aromatic ring is 2. The largest absolute Gasteiger partial charge is 0.480 e. The van der Waals surface area contributed by atoms with Gasteiger partial charge in [-0.2, -0.15) is 4.98 Å². The number of aliphatic carboxylic acids is 1. The number of fused-ring (bicyclic) bond motifs is 1. The molecule has 0 saturated heterocycles. The van der Waals surface area contributed by atoms with Crippen LogP contribution in [0.3, 0.4) is 0 Å². The van der Waals surface area contributed by atoms with Gasteiger partial charge in [0.05, 0.1) is 16.5 Å². The van der Waals surface area contributed by atoms with Crippen molar-refractivity contribution in [1.82, 2.24) is 51.9 Å². The van der Waals surface area contributed by atoms with Gasteiger partial charge in [0.15, 0.2) is 5.82 Å². The van der Waals surface area contributed by atoms with Crippen LogP contribution in [0.15, 0.2) is 54.6 Å². The minimum atomic E-state index is -1.27. The molecule has 3 atom stereocenters. The van der Waals surface area contributed by atoms with Crippen molar-refractivity contribution < 1.29 is 43.0 Å². The van der Waals surface area contributed by atoms with Crippen molar-refractivity contribution in [3.05, 3.63) is 82.7 Å². The number of hydrogen-bond acceptors (Lipinski definition) is 14. The lowest BCUT2D eigenvalue weighted by atomic mass is 10.0. The Bertz CT molecular complexity index is 2550. The number of aromatic amines is 1. The molecule has 0 bridgehead atoms. The quantitative estimate of drug-likeness (QED) is 0.0570. The second-order valence-electron chi connectivity index (χ2n) is 16.5. The number of nitrogens with two attached hydrogens (primary N) is 2. The van der Waals surface area contributed by atoms with Crippen molar-refractivity contribution in [2.45, 2.75) is 91.0 Å². The number of hydrogen-bond donors (Lipinski definition) is 9. The molecule has 0 fully saturated rings. The van der Waals surface area contributed by atoms with Crippen molar-refractivity contribution in [2.24, 2.45) is 5.92 Å². The highest BCUT2D eigenvalue weighted by Gasteiger charge is 2.29. The van der Waals surface area contributed by atoms with Crippen LogP contribution in [-0.2, 0) is 32.0 Å². The second kappa shape index (κ2) is 21.1. The summed E-state index contributed by atoms with van der Waals surface area (Å²) in [5, 5.41) is 36.7. The summed E-state index contributed by atoms with van der Waals surface area (Å²) in [6, 6.07) is 10.7. The summed E-state index contributed by atoms with van der Waals surface area (Å²) in [6.07, 6.45) is 0.113. The number of carbonyl (C=O) groups excluding carboxylic acids is 5. The van der Waals surface area contributed by atoms with Crippen molar-refractivity contribution in [1.29, 1.82) is 0 Å². The van der Waals surface area contributed by atoms with E-state index in [9.17, 15) is 33.9 Å². The van der Waals surface area contributed by atoms with Gasteiger partial charge in [0.2, 0.25) is 17.8 Å². The van der Waals surface area contributed by atoms with Gasteiger partial charge in [-0.05, 0) is 117 Å². The molecular weight excluding hydrogens is 846 g/mol. The smallest absolute Gasteiger partial charge is 0.408 e. The minimum Gasteiger partial charge on any atom is -0.480 e. The Kier molecular flexibility index (Phi) is 15.6. The van der Waals surface area contributed by atoms with Gasteiger partial charge < -0.3 is 47.9 Å². The average molecular weight is 898 g/mol. The van der Waals surface area contributed by atoms with Crippen LogP contribution in [-0.4, -0.2) is 102 Å². The molecule has 0 aliphatic heterocycles. The third-order valence-electron chi connectivity index (χ3n) is 9.89. The van der Waals surface area contributed by atoms with E-state index < -0.39 is 65.2 Å². The van der Waals surface area contributed by atoms with Crippen molar-refractivity contribution in [3.8, 4) is 11.4 Å². The highest BCUT2D eigenvalue weighted by Crippen LogP contribution is 2.27. The van der Waals surface area contributed by atoms with Gasteiger partial charge in [0, 0.05) is 23.4 Å². The van der Waals surface area contributed by atoms with E-state index in [1.165, 1.54) is 25.1 Å². The SMILES string of the molecule is CC(C)[C@H](NC(=O)OC(C)(C)C)C(=O)N[C@@H](C)C(=O)Nc1ccc(C(=O)NCCC[C@H](NC(=O)c2ccc(CCc3ccc4nc(N)nc(N)c4c3F)cc2)C(=O)O)c(-c2nnn[nH]2)c1. The molecule has 0 aliphatic carbocycles. The first-order valence-electron chi connectivity index (χ1n) is 20.6. The molecule has 2 heterocycles. The zero-order valence-corrected chi connectivity index (χ0v) is 36.6. The number of anilines is 3. The molecule has 11 N–H and O–H groups in total. The third kappa shape index (κ3) is 13.1. The van der Waals surface area contributed by atoms with Crippen molar-refractivity contribution in [2.75, 3.05) is 23.3 Å². The molecule has 5 rings (SSSR count). The normalized spacial score (nSPS) is 12.7. The van der Waals surface area contributed by atoms with Crippen LogP contribution in [0.5, 0.6) is 0 Å². The van der Waals surface area contributed by atoms with Gasteiger partial charge in [-0.15, -0.1) is 5.10 Å². The van der Waals surface area contributed by atoms with Gasteiger partial charge >= 0.3 is 12.1 Å². The number of carboxylic acid groups (broad SMARTS) is 1. The molecule has 5 aromatic rings. The zero-order chi connectivity index (χ0) is 47.6. The topological polar surface area (TPSA) is 324 Å². The number of nitrogens with zero attached hydrogens (tertiary/aromatic N) is 5. The molecule has 0 unspecified atom stereocenters. The molecule has 22 heteroatoms. The number of amides is 5. The second-order valence-corrected chi connectivity index (χ2v) is 16.5. The van der Waals surface area contributed by atoms with Gasteiger partial charge in [0.1, 0.15) is 35.4 Å². The van der Waals surface area contributed by atoms with Crippen LogP contribution in [0.1, 0.15) is 86.2 Å². The number of carboxylic acids is 1. The van der Waals surface area contributed by atoms with E-state index in [-0.39, 0.29) is 70.7 Å². The number of nitrogens with one attached hydrogen (secondary N) is 6. The fourth-order valence-corrected chi connectivity index (χ4v) is 6.55. The maximum absolute atomic E-state index is 15.2. The van der Waals surface area contributed by atoms with E-state index in [0.717, 1.165) is 5.56 Å². The molecule has 3 aromatic carbocycles. The summed E-state index contributed by atoms with van der Waals surface area (Å²) in [7, 11) is 0. The summed E-state index contributed by atoms with van der Waals surface area (Å²) >= 11 is 0. The van der Waals surface area contributed by atoms with Crippen LogP contribution in [0, 0.1) is 11.7 Å². The molecule has 2 aromatic heterocycles. The Hall–Kier alpha value is -7.78. The van der Waals surface area contributed by atoms with Gasteiger partial charge in [-0.25, -0.2) is 24.1 Å². The van der Waals surface area contributed by atoms with E-state index in [4.69, 9.17) is 16.2 Å². The van der Waals surface area contributed by atoms with E-state index in [2.05, 4.69) is 57.2 Å². The maximum atomic E-state index is 15.2. The molecule has 0 aliphatic rings. The molecule has 65 heavy (non-hydrogen) atoms. The predicted octanol–water partition coefficient (Wildman–Crippen LogP) is 3.28. The lowest BCUT2D eigenvalue weighted by Crippen LogP contribution is -2.54. The highest BCUT2D eigenvalue weighted by atomic mass is 19.1. The lowest BCUT2D eigenvalue weighted by Gasteiger charge is -2.26. The summed E-state index contributed by atoms with van der Waals surface area (Å²) < 4.78 is 20.5. The first kappa shape index (κ1) is 48.3. The highest BCUT2D eigenvalue weighted by molar-refractivity contribution is 6.03. The standard InChI is InChI=1S/C43H52FN13O8/c1-21(2)33(52-42(64)65-43(4,5)6)39(61)48-22(3)36(58)49-26-16-17-27(28(20-26)35-54-56-57-55-35)38(60)47-19-7-8-30(40(62)63)50-37(59)25-13-10-23(11-14-25)9-12-24-15-18-29-31(32(24)44)34(45)53-41(46)51-29/h10-11,13-18,20-22,30,33H,7-9,12,19H2,1-6H3,(H,47,60)(H,48,61)(H,49,58)(H,50,59)(H,52,64)(H,62,63)(H4,45,46,51,53)(H,54,55,56,57)/t22-,30-,33-/m0/s1. The van der Waals surface area contributed by atoms with E-state index in [0.29, 0.717) is 23.9 Å². The Morgan fingerprint density at radius 2 is 1.60 bits per heavy atom. The average Bonchev–Trinajstić information content (AvgIpc) is 3.78. The third-order valence-corrected chi connectivity index (χ3v) is 9.89. The van der Waals surface area contributed by atoms with Crippen molar-refractivity contribution >= 4 is 64.0 Å². The van der Waals surface area contributed by atoms with E-state index >= 15 is 4.39 Å². The Labute approximate surface area is 372 Å². The number of rotatable bonds is 18. The summed E-state index contributed by atoms with van der Waals surface area (Å²) in [6.45, 7) is 10.0. The fraction of sp³-hybridized carbons (Fsp3) is 0.372. The monoisotopic (exact) mass is 897 g/mol. The summed E-state index contributed by atoms with van der Waals surface area (Å²) in [5.41, 5.74) is 13.0. The number of benzene rings is 3. The van der Waals surface area contributed by atoms with Gasteiger partial charge in [-0.3, -0.25) is 19.2 Å².